The number of aromatic nitrogens is 2. The van der Waals surface area contributed by atoms with E-state index in [-0.39, 0.29) is 24.2 Å². The molecule has 35 heavy (non-hydrogen) atoms. The summed E-state index contributed by atoms with van der Waals surface area (Å²) in [5.74, 6) is -1.31. The minimum absolute atomic E-state index is 0.201. The zero-order chi connectivity index (χ0) is 24.5. The smallest absolute Gasteiger partial charge is 0.244 e. The number of halogens is 3. The van der Waals surface area contributed by atoms with E-state index in [0.717, 1.165) is 5.56 Å². The molecule has 2 atom stereocenters. The lowest BCUT2D eigenvalue weighted by molar-refractivity contribution is 0.300. The van der Waals surface area contributed by atoms with E-state index in [1.54, 1.807) is 36.4 Å². The molecule has 2 N–H and O–H groups in total. The Kier molecular flexibility index (Phi) is 6.16. The molecule has 4 aromatic rings. The standard InChI is InChI=1S/C26H17Cl2FN4O2/c27-19-10-7-15(11-20(19)28)24-23-22(18(12-30)25(31)35-26(23)33-32-24)17-3-1-2-4-21(17)34-13-14-5-8-16(29)9-6-14/h1-11,18,22,31H,13H2,(H,32,33). The molecule has 0 bridgehead atoms. The van der Waals surface area contributed by atoms with E-state index in [4.69, 9.17) is 38.1 Å². The fourth-order valence-electron chi connectivity index (χ4n) is 4.14. The van der Waals surface area contributed by atoms with E-state index < -0.39 is 11.8 Å². The van der Waals surface area contributed by atoms with Crippen LogP contribution in [0.1, 0.15) is 22.6 Å². The minimum atomic E-state index is -0.919. The number of hydrogen-bond acceptors (Lipinski definition) is 5. The number of rotatable bonds is 5. The summed E-state index contributed by atoms with van der Waals surface area (Å²) in [5.41, 5.74) is 3.40. The number of nitrogens with zero attached hydrogens (tertiary/aromatic N) is 2. The van der Waals surface area contributed by atoms with Crippen molar-refractivity contribution >= 4 is 29.1 Å². The fourth-order valence-corrected chi connectivity index (χ4v) is 4.43. The largest absolute Gasteiger partial charge is 0.489 e. The predicted molar refractivity (Wildman–Crippen MR) is 131 cm³/mol. The van der Waals surface area contributed by atoms with Gasteiger partial charge in [0, 0.05) is 17.0 Å². The van der Waals surface area contributed by atoms with Gasteiger partial charge < -0.3 is 9.47 Å². The number of nitriles is 1. The maximum atomic E-state index is 13.3. The first-order valence-corrected chi connectivity index (χ1v) is 11.4. The van der Waals surface area contributed by atoms with E-state index in [9.17, 15) is 9.65 Å². The number of hydrogen-bond donors (Lipinski definition) is 2. The Balaban J connectivity index is 1.60. The molecule has 1 aromatic heterocycles. The number of para-hydroxylation sites is 1. The fraction of sp³-hybridized carbons (Fsp3) is 0.115. The van der Waals surface area contributed by atoms with Gasteiger partial charge in [-0.05, 0) is 35.9 Å². The third-order valence-corrected chi connectivity index (χ3v) is 6.55. The van der Waals surface area contributed by atoms with E-state index in [2.05, 4.69) is 16.3 Å². The summed E-state index contributed by atoms with van der Waals surface area (Å²) >= 11 is 12.4. The summed E-state index contributed by atoms with van der Waals surface area (Å²) in [4.78, 5) is 0. The van der Waals surface area contributed by atoms with Crippen LogP contribution in [0, 0.1) is 28.5 Å². The molecular formula is C26H17Cl2FN4O2. The monoisotopic (exact) mass is 506 g/mol. The van der Waals surface area contributed by atoms with Gasteiger partial charge in [0.15, 0.2) is 0 Å². The lowest BCUT2D eigenvalue weighted by Crippen LogP contribution is -2.31. The molecule has 0 saturated heterocycles. The summed E-state index contributed by atoms with van der Waals surface area (Å²) in [6.45, 7) is 0.201. The second-order valence-electron chi connectivity index (χ2n) is 7.95. The maximum absolute atomic E-state index is 13.3. The first kappa shape index (κ1) is 22.9. The van der Waals surface area contributed by atoms with Crippen LogP contribution in [0.4, 0.5) is 4.39 Å². The molecule has 2 heterocycles. The van der Waals surface area contributed by atoms with Crippen LogP contribution in [-0.2, 0) is 6.61 Å². The van der Waals surface area contributed by atoms with Gasteiger partial charge in [0.2, 0.25) is 11.8 Å². The van der Waals surface area contributed by atoms with Crippen LogP contribution in [0.5, 0.6) is 11.6 Å². The second kappa shape index (κ2) is 9.41. The van der Waals surface area contributed by atoms with Crippen LogP contribution < -0.4 is 9.47 Å². The van der Waals surface area contributed by atoms with Crippen LogP contribution in [-0.4, -0.2) is 16.1 Å². The molecule has 174 valence electrons. The molecule has 0 amide bonds. The third kappa shape index (κ3) is 4.34. The number of H-pyrrole nitrogens is 1. The van der Waals surface area contributed by atoms with Gasteiger partial charge in [0.25, 0.3) is 0 Å². The van der Waals surface area contributed by atoms with Crippen LogP contribution in [0.2, 0.25) is 10.0 Å². The van der Waals surface area contributed by atoms with Crippen molar-refractivity contribution in [1.82, 2.24) is 10.2 Å². The molecule has 0 spiro atoms. The van der Waals surface area contributed by atoms with Crippen molar-refractivity contribution < 1.29 is 13.9 Å². The van der Waals surface area contributed by atoms with Gasteiger partial charge in [-0.2, -0.15) is 5.26 Å². The first-order valence-electron chi connectivity index (χ1n) is 10.6. The highest BCUT2D eigenvalue weighted by Gasteiger charge is 2.42. The summed E-state index contributed by atoms with van der Waals surface area (Å²) < 4.78 is 25.0. The Bertz CT molecular complexity index is 1460. The van der Waals surface area contributed by atoms with Crippen molar-refractivity contribution in [2.75, 3.05) is 0 Å². The number of aromatic amines is 1. The van der Waals surface area contributed by atoms with Gasteiger partial charge in [-0.3, -0.25) is 10.5 Å². The van der Waals surface area contributed by atoms with Crippen LogP contribution >= 0.6 is 23.2 Å². The third-order valence-electron chi connectivity index (χ3n) is 5.81. The highest BCUT2D eigenvalue weighted by Crippen LogP contribution is 2.48. The highest BCUT2D eigenvalue weighted by molar-refractivity contribution is 6.42. The molecule has 9 heteroatoms. The van der Waals surface area contributed by atoms with Crippen molar-refractivity contribution in [2.45, 2.75) is 12.5 Å². The van der Waals surface area contributed by atoms with Gasteiger partial charge >= 0.3 is 0 Å². The molecule has 1 aliphatic rings. The molecule has 6 nitrogen and oxygen atoms in total. The Morgan fingerprint density at radius 2 is 1.86 bits per heavy atom. The molecule has 2 unspecified atom stereocenters. The number of benzene rings is 3. The van der Waals surface area contributed by atoms with Crippen molar-refractivity contribution in [1.29, 1.82) is 10.7 Å². The normalized spacial score (nSPS) is 16.8. The Hall–Kier alpha value is -3.86. The van der Waals surface area contributed by atoms with E-state index in [1.165, 1.54) is 12.1 Å². The molecule has 1 aliphatic heterocycles. The van der Waals surface area contributed by atoms with E-state index in [1.807, 2.05) is 18.2 Å². The van der Waals surface area contributed by atoms with Gasteiger partial charge in [0.1, 0.15) is 24.1 Å². The predicted octanol–water partition coefficient (Wildman–Crippen LogP) is 6.74. The Morgan fingerprint density at radius 1 is 1.09 bits per heavy atom. The molecular weight excluding hydrogens is 490 g/mol. The van der Waals surface area contributed by atoms with Crippen LogP contribution in [0.25, 0.3) is 11.3 Å². The zero-order valence-electron chi connectivity index (χ0n) is 18.1. The van der Waals surface area contributed by atoms with Crippen molar-refractivity contribution in [3.05, 3.63) is 99.3 Å². The summed E-state index contributed by atoms with van der Waals surface area (Å²) in [5, 5.41) is 26.4. The maximum Gasteiger partial charge on any atom is 0.244 e. The van der Waals surface area contributed by atoms with Gasteiger partial charge in [-0.15, -0.1) is 5.10 Å². The average Bonchev–Trinajstić information content (AvgIpc) is 3.28. The second-order valence-corrected chi connectivity index (χ2v) is 8.76. The highest BCUT2D eigenvalue weighted by atomic mass is 35.5. The van der Waals surface area contributed by atoms with Crippen LogP contribution in [0.15, 0.2) is 66.7 Å². The van der Waals surface area contributed by atoms with E-state index >= 15 is 0 Å². The molecule has 0 radical (unpaired) electrons. The zero-order valence-corrected chi connectivity index (χ0v) is 19.6. The molecule has 5 rings (SSSR count). The summed E-state index contributed by atoms with van der Waals surface area (Å²) in [7, 11) is 0. The number of fused-ring (bicyclic) bond motifs is 1. The van der Waals surface area contributed by atoms with E-state index in [0.29, 0.717) is 38.2 Å². The molecule has 3 aromatic carbocycles. The van der Waals surface area contributed by atoms with Crippen LogP contribution in [0.3, 0.4) is 0 Å². The van der Waals surface area contributed by atoms with Gasteiger partial charge in [-0.25, -0.2) is 4.39 Å². The first-order chi connectivity index (χ1) is 17.0. The van der Waals surface area contributed by atoms with Gasteiger partial charge in [-0.1, -0.05) is 59.6 Å². The Morgan fingerprint density at radius 3 is 2.60 bits per heavy atom. The lowest BCUT2D eigenvalue weighted by Gasteiger charge is -2.29. The quantitative estimate of drug-likeness (QED) is 0.313. The summed E-state index contributed by atoms with van der Waals surface area (Å²) in [6.07, 6.45) is 0. The number of ether oxygens (including phenoxy) is 2. The Labute approximate surface area is 210 Å². The SMILES string of the molecule is N#CC1C(=N)Oc2n[nH]c(-c3ccc(Cl)c(Cl)c3)c2C1c1ccccc1OCc1ccc(F)cc1. The minimum Gasteiger partial charge on any atom is -0.489 e. The average molecular weight is 507 g/mol. The molecule has 0 aliphatic carbocycles. The van der Waals surface area contributed by atoms with Crippen molar-refractivity contribution in [3.63, 3.8) is 0 Å². The van der Waals surface area contributed by atoms with Crippen molar-refractivity contribution in [3.8, 4) is 29.0 Å². The molecule has 0 saturated carbocycles. The number of nitrogens with one attached hydrogen (secondary N) is 2. The summed E-state index contributed by atoms with van der Waals surface area (Å²) in [6, 6.07) is 20.7. The topological polar surface area (TPSA) is 94.8 Å². The lowest BCUT2D eigenvalue weighted by atomic mass is 9.78. The molecule has 0 fully saturated rings. The van der Waals surface area contributed by atoms with Crippen molar-refractivity contribution in [2.24, 2.45) is 5.92 Å². The van der Waals surface area contributed by atoms with Gasteiger partial charge in [0.05, 0.1) is 27.4 Å².